The van der Waals surface area contributed by atoms with Crippen molar-refractivity contribution in [3.8, 4) is 0 Å². The first kappa shape index (κ1) is 22.6. The summed E-state index contributed by atoms with van der Waals surface area (Å²) in [5.41, 5.74) is 2.07. The van der Waals surface area contributed by atoms with Gasteiger partial charge in [0.05, 0.1) is 21.7 Å². The van der Waals surface area contributed by atoms with Crippen LogP contribution in [0.2, 0.25) is 5.02 Å². The topological polar surface area (TPSA) is 74.8 Å². The summed E-state index contributed by atoms with van der Waals surface area (Å²) in [6.07, 6.45) is 0.817. The first-order valence-electron chi connectivity index (χ1n) is 10.5. The summed E-state index contributed by atoms with van der Waals surface area (Å²) in [5.74, 6) is -0.425. The second kappa shape index (κ2) is 8.73. The highest BCUT2D eigenvalue weighted by Gasteiger charge is 2.48. The normalized spacial score (nSPS) is 24.4. The molecule has 2 aliphatic rings. The third kappa shape index (κ3) is 4.77. The highest BCUT2D eigenvalue weighted by molar-refractivity contribution is 7.96. The second-order valence-electron chi connectivity index (χ2n) is 8.23. The van der Waals surface area contributed by atoms with Crippen LogP contribution in [0.1, 0.15) is 12.5 Å². The van der Waals surface area contributed by atoms with Crippen molar-refractivity contribution in [1.29, 1.82) is 0 Å². The number of anilines is 1. The molecular weight excluding hydrogens is 456 g/mol. The van der Waals surface area contributed by atoms with Gasteiger partial charge in [0, 0.05) is 42.9 Å². The molecule has 0 aliphatic carbocycles. The molecule has 9 heteroatoms. The molecule has 2 heterocycles. The average molecular weight is 483 g/mol. The number of benzene rings is 2. The molecule has 2 aliphatic heterocycles. The van der Waals surface area contributed by atoms with E-state index < -0.39 is 31.0 Å². The van der Waals surface area contributed by atoms with Crippen LogP contribution in [0, 0.1) is 0 Å². The molecule has 2 aromatic carbocycles. The van der Waals surface area contributed by atoms with E-state index in [0.29, 0.717) is 31.2 Å². The summed E-state index contributed by atoms with van der Waals surface area (Å²) >= 11 is 6.10. The molecule has 0 bridgehead atoms. The molecular formula is C22H27ClN2O4S2. The minimum atomic E-state index is -3.76. The monoisotopic (exact) mass is 482 g/mol. The van der Waals surface area contributed by atoms with Gasteiger partial charge in [-0.3, -0.25) is 4.90 Å². The first-order valence-corrected chi connectivity index (χ1v) is 14.2. The lowest BCUT2D eigenvalue weighted by atomic mass is 10.1. The summed E-state index contributed by atoms with van der Waals surface area (Å²) in [5, 5.41) is -0.273. The summed E-state index contributed by atoms with van der Waals surface area (Å²) in [6.45, 7) is 4.59. The van der Waals surface area contributed by atoms with Gasteiger partial charge in [-0.1, -0.05) is 36.7 Å². The fraction of sp³-hybridized carbons (Fsp3) is 0.455. The minimum absolute atomic E-state index is 0.110. The molecule has 2 unspecified atom stereocenters. The largest absolute Gasteiger partial charge is 0.369 e. The van der Waals surface area contributed by atoms with Crippen molar-refractivity contribution in [2.75, 3.05) is 42.6 Å². The zero-order valence-electron chi connectivity index (χ0n) is 17.4. The number of hydrogen-bond donors (Lipinski definition) is 0. The van der Waals surface area contributed by atoms with Gasteiger partial charge in [-0.25, -0.2) is 16.8 Å². The van der Waals surface area contributed by atoms with E-state index in [1.54, 1.807) is 24.3 Å². The standard InChI is InChI=1S/C22H27ClN2O4S2/c1-2-17-6-8-20(9-7-17)31(28,29)22-16-30(26,27)15-21(22)25-12-10-24(11-13-25)19-5-3-4-18(23)14-19/h3-9,14,21-22H,2,10-13,15-16H2,1H3. The second-order valence-corrected chi connectivity index (χ2v) is 13.0. The van der Waals surface area contributed by atoms with Crippen LogP contribution in [0.25, 0.3) is 0 Å². The molecule has 2 saturated heterocycles. The number of halogens is 1. The Labute approximate surface area is 189 Å². The Morgan fingerprint density at radius 3 is 2.29 bits per heavy atom. The SMILES string of the molecule is CCc1ccc(S(=O)(=O)C2CS(=O)(=O)CC2N2CCN(c3cccc(Cl)c3)CC2)cc1. The van der Waals surface area contributed by atoms with Crippen LogP contribution >= 0.6 is 11.6 Å². The van der Waals surface area contributed by atoms with Gasteiger partial charge >= 0.3 is 0 Å². The molecule has 2 aromatic rings. The lowest BCUT2D eigenvalue weighted by Gasteiger charge is -2.40. The maximum Gasteiger partial charge on any atom is 0.183 e. The van der Waals surface area contributed by atoms with Gasteiger partial charge in [-0.05, 0) is 42.3 Å². The van der Waals surface area contributed by atoms with E-state index in [-0.39, 0.29) is 16.4 Å². The van der Waals surface area contributed by atoms with E-state index in [9.17, 15) is 16.8 Å². The minimum Gasteiger partial charge on any atom is -0.369 e. The molecule has 0 amide bonds. The van der Waals surface area contributed by atoms with E-state index >= 15 is 0 Å². The molecule has 6 nitrogen and oxygen atoms in total. The summed E-state index contributed by atoms with van der Waals surface area (Å²) < 4.78 is 51.7. The molecule has 31 heavy (non-hydrogen) atoms. The molecule has 0 N–H and O–H groups in total. The maximum atomic E-state index is 13.4. The number of sulfone groups is 2. The van der Waals surface area contributed by atoms with Gasteiger partial charge in [0.15, 0.2) is 19.7 Å². The van der Waals surface area contributed by atoms with E-state index in [1.165, 1.54) is 0 Å². The third-order valence-electron chi connectivity index (χ3n) is 6.29. The Bertz CT molecular complexity index is 1140. The number of aryl methyl sites for hydroxylation is 1. The Morgan fingerprint density at radius 1 is 1.00 bits per heavy atom. The van der Waals surface area contributed by atoms with Crippen molar-refractivity contribution in [3.63, 3.8) is 0 Å². The predicted molar refractivity (Wildman–Crippen MR) is 124 cm³/mol. The van der Waals surface area contributed by atoms with E-state index in [2.05, 4.69) is 4.90 Å². The Kier molecular flexibility index (Phi) is 6.36. The van der Waals surface area contributed by atoms with Crippen LogP contribution in [0.4, 0.5) is 5.69 Å². The first-order chi connectivity index (χ1) is 14.7. The van der Waals surface area contributed by atoms with Crippen molar-refractivity contribution in [3.05, 3.63) is 59.1 Å². The molecule has 2 atom stereocenters. The number of hydrogen-bond acceptors (Lipinski definition) is 6. The Hall–Kier alpha value is -1.61. The maximum absolute atomic E-state index is 13.4. The van der Waals surface area contributed by atoms with Crippen LogP contribution in [0.3, 0.4) is 0 Å². The molecule has 2 fully saturated rings. The third-order valence-corrected chi connectivity index (χ3v) is 10.7. The van der Waals surface area contributed by atoms with Crippen LogP contribution in [-0.4, -0.2) is 70.7 Å². The van der Waals surface area contributed by atoms with Gasteiger partial charge in [0.2, 0.25) is 0 Å². The number of piperazine rings is 1. The van der Waals surface area contributed by atoms with Gasteiger partial charge < -0.3 is 4.90 Å². The highest BCUT2D eigenvalue weighted by atomic mass is 35.5. The van der Waals surface area contributed by atoms with Crippen molar-refractivity contribution in [2.45, 2.75) is 29.5 Å². The van der Waals surface area contributed by atoms with Gasteiger partial charge in [0.1, 0.15) is 0 Å². The Balaban J connectivity index is 1.54. The smallest absolute Gasteiger partial charge is 0.183 e. The number of nitrogens with zero attached hydrogens (tertiary/aromatic N) is 2. The molecule has 4 rings (SSSR count). The zero-order valence-corrected chi connectivity index (χ0v) is 19.8. The van der Waals surface area contributed by atoms with Crippen LogP contribution in [0.15, 0.2) is 53.4 Å². The van der Waals surface area contributed by atoms with Crippen molar-refractivity contribution >= 4 is 37.0 Å². The Morgan fingerprint density at radius 2 is 1.68 bits per heavy atom. The fourth-order valence-electron chi connectivity index (χ4n) is 4.51. The summed E-state index contributed by atoms with van der Waals surface area (Å²) in [4.78, 5) is 4.43. The molecule has 0 saturated carbocycles. The van der Waals surface area contributed by atoms with Crippen LogP contribution in [-0.2, 0) is 26.1 Å². The van der Waals surface area contributed by atoms with Gasteiger partial charge in [-0.15, -0.1) is 0 Å². The summed E-state index contributed by atoms with van der Waals surface area (Å²) in [7, 11) is -7.18. The van der Waals surface area contributed by atoms with E-state index in [4.69, 9.17) is 11.6 Å². The quantitative estimate of drug-likeness (QED) is 0.652. The fourth-order valence-corrected chi connectivity index (χ4v) is 9.52. The van der Waals surface area contributed by atoms with Crippen molar-refractivity contribution in [1.82, 2.24) is 4.90 Å². The zero-order chi connectivity index (χ0) is 22.2. The summed E-state index contributed by atoms with van der Waals surface area (Å²) in [6, 6.07) is 13.9. The lowest BCUT2D eigenvalue weighted by molar-refractivity contribution is 0.201. The van der Waals surface area contributed by atoms with Gasteiger partial charge in [0.25, 0.3) is 0 Å². The number of rotatable bonds is 5. The molecule has 0 aromatic heterocycles. The average Bonchev–Trinajstić information content (AvgIpc) is 3.10. The van der Waals surface area contributed by atoms with Crippen LogP contribution in [0.5, 0.6) is 0 Å². The van der Waals surface area contributed by atoms with Crippen molar-refractivity contribution < 1.29 is 16.8 Å². The van der Waals surface area contributed by atoms with E-state index in [0.717, 1.165) is 17.7 Å². The molecule has 0 spiro atoms. The van der Waals surface area contributed by atoms with Gasteiger partial charge in [-0.2, -0.15) is 0 Å². The predicted octanol–water partition coefficient (Wildman–Crippen LogP) is 2.66. The van der Waals surface area contributed by atoms with Crippen molar-refractivity contribution in [2.24, 2.45) is 0 Å². The van der Waals surface area contributed by atoms with E-state index in [1.807, 2.05) is 36.1 Å². The lowest BCUT2D eigenvalue weighted by Crippen LogP contribution is -2.55. The molecule has 0 radical (unpaired) electrons. The molecule has 168 valence electrons. The highest BCUT2D eigenvalue weighted by Crippen LogP contribution is 2.30. The van der Waals surface area contributed by atoms with Crippen LogP contribution < -0.4 is 4.90 Å².